The molecule has 1 unspecified atom stereocenters. The monoisotopic (exact) mass is 421 g/mol. The predicted octanol–water partition coefficient (Wildman–Crippen LogP) is 3.29. The van der Waals surface area contributed by atoms with Crippen LogP contribution in [0, 0.1) is 5.92 Å². The molecule has 1 aliphatic heterocycles. The molecular weight excluding hydrogens is 390 g/mol. The molecule has 0 bridgehead atoms. The molecular formula is C25H31N3O3. The Kier molecular flexibility index (Phi) is 6.87. The van der Waals surface area contributed by atoms with Crippen molar-refractivity contribution < 1.29 is 14.3 Å². The summed E-state index contributed by atoms with van der Waals surface area (Å²) >= 11 is 0. The number of hydrogen-bond donors (Lipinski definition) is 2. The number of nitrogens with one attached hydrogen (secondary N) is 2. The molecule has 1 aliphatic carbocycles. The van der Waals surface area contributed by atoms with Crippen LogP contribution >= 0.6 is 0 Å². The van der Waals surface area contributed by atoms with Crippen molar-refractivity contribution in [3.8, 4) is 5.75 Å². The fraction of sp³-hybridized carbons (Fsp3) is 0.440. The molecule has 1 atom stereocenters. The topological polar surface area (TPSA) is 70.7 Å². The maximum atomic E-state index is 12.4. The van der Waals surface area contributed by atoms with E-state index in [0.29, 0.717) is 18.0 Å². The molecule has 2 aromatic carbocycles. The van der Waals surface area contributed by atoms with Crippen LogP contribution in [0.25, 0.3) is 0 Å². The lowest BCUT2D eigenvalue weighted by Crippen LogP contribution is -2.36. The smallest absolute Gasteiger partial charge is 0.253 e. The largest absolute Gasteiger partial charge is 0.497 e. The zero-order chi connectivity index (χ0) is 21.6. The third-order valence-corrected chi connectivity index (χ3v) is 6.13. The van der Waals surface area contributed by atoms with Gasteiger partial charge in [-0.2, -0.15) is 0 Å². The third kappa shape index (κ3) is 5.64. The van der Waals surface area contributed by atoms with E-state index in [2.05, 4.69) is 22.8 Å². The number of rotatable bonds is 9. The molecule has 0 spiro atoms. The molecule has 1 heterocycles. The highest BCUT2D eigenvalue weighted by Gasteiger charge is 2.32. The van der Waals surface area contributed by atoms with Crippen molar-refractivity contribution in [2.45, 2.75) is 38.3 Å². The molecule has 4 rings (SSSR count). The highest BCUT2D eigenvalue weighted by molar-refractivity contribution is 5.94. The second-order valence-electron chi connectivity index (χ2n) is 8.44. The number of methoxy groups -OCH3 is 1. The highest BCUT2D eigenvalue weighted by atomic mass is 16.5. The molecule has 164 valence electrons. The van der Waals surface area contributed by atoms with Crippen molar-refractivity contribution in [2.75, 3.05) is 26.7 Å². The van der Waals surface area contributed by atoms with E-state index in [1.807, 2.05) is 41.3 Å². The Hall–Kier alpha value is -2.86. The summed E-state index contributed by atoms with van der Waals surface area (Å²) in [5.41, 5.74) is 2.89. The van der Waals surface area contributed by atoms with Crippen molar-refractivity contribution in [2.24, 2.45) is 5.92 Å². The Morgan fingerprint density at radius 1 is 1.03 bits per heavy atom. The van der Waals surface area contributed by atoms with Crippen molar-refractivity contribution in [3.05, 3.63) is 65.2 Å². The van der Waals surface area contributed by atoms with Crippen molar-refractivity contribution in [1.29, 1.82) is 0 Å². The van der Waals surface area contributed by atoms with Crippen LogP contribution in [0.5, 0.6) is 5.75 Å². The first kappa shape index (κ1) is 21.4. The van der Waals surface area contributed by atoms with E-state index in [1.54, 1.807) is 7.11 Å². The fourth-order valence-corrected chi connectivity index (χ4v) is 4.13. The molecule has 6 heteroatoms. The molecule has 2 amide bonds. The van der Waals surface area contributed by atoms with Gasteiger partial charge < -0.3 is 20.3 Å². The van der Waals surface area contributed by atoms with Crippen LogP contribution in [-0.2, 0) is 11.3 Å². The minimum absolute atomic E-state index is 0.0311. The van der Waals surface area contributed by atoms with Gasteiger partial charge in [0.05, 0.1) is 13.7 Å². The number of amides is 2. The molecule has 1 saturated carbocycles. The van der Waals surface area contributed by atoms with Gasteiger partial charge in [0.25, 0.3) is 5.91 Å². The van der Waals surface area contributed by atoms with Crippen LogP contribution < -0.4 is 15.4 Å². The number of nitrogens with zero attached hydrogens (tertiary/aromatic N) is 1. The van der Waals surface area contributed by atoms with Crippen LogP contribution in [0.2, 0.25) is 0 Å². The Morgan fingerprint density at radius 3 is 2.32 bits per heavy atom. The van der Waals surface area contributed by atoms with Crippen LogP contribution in [0.4, 0.5) is 0 Å². The second-order valence-corrected chi connectivity index (χ2v) is 8.44. The standard InChI is InChI=1S/C25H31N3O3/c1-31-22-12-10-20(11-13-22)24(19-8-9-19)27-17-23(29)26-16-18-4-6-21(7-5-18)25(30)28-14-2-3-15-28/h4-7,10-13,19,24,27H,2-3,8-9,14-17H2,1H3,(H,26,29). The zero-order valence-corrected chi connectivity index (χ0v) is 18.1. The maximum absolute atomic E-state index is 12.4. The second kappa shape index (κ2) is 9.96. The van der Waals surface area contributed by atoms with Crippen LogP contribution in [0.15, 0.2) is 48.5 Å². The van der Waals surface area contributed by atoms with E-state index in [0.717, 1.165) is 37.2 Å². The van der Waals surface area contributed by atoms with E-state index in [-0.39, 0.29) is 24.4 Å². The summed E-state index contributed by atoms with van der Waals surface area (Å²) in [7, 11) is 1.66. The Morgan fingerprint density at radius 2 is 1.71 bits per heavy atom. The molecule has 6 nitrogen and oxygen atoms in total. The fourth-order valence-electron chi connectivity index (χ4n) is 4.13. The number of carbonyl (C=O) groups is 2. The average molecular weight is 422 g/mol. The molecule has 1 saturated heterocycles. The number of benzene rings is 2. The lowest BCUT2D eigenvalue weighted by molar-refractivity contribution is -0.120. The molecule has 0 aromatic heterocycles. The molecule has 2 aliphatic rings. The molecule has 2 fully saturated rings. The molecule has 0 radical (unpaired) electrons. The summed E-state index contributed by atoms with van der Waals surface area (Å²) in [6.07, 6.45) is 4.55. The van der Waals surface area contributed by atoms with Gasteiger partial charge in [0.1, 0.15) is 5.75 Å². The minimum Gasteiger partial charge on any atom is -0.497 e. The first-order valence-corrected chi connectivity index (χ1v) is 11.2. The third-order valence-electron chi connectivity index (χ3n) is 6.13. The lowest BCUT2D eigenvalue weighted by atomic mass is 10.0. The number of carbonyl (C=O) groups excluding carboxylic acids is 2. The maximum Gasteiger partial charge on any atom is 0.253 e. The number of ether oxygens (including phenoxy) is 1. The number of likely N-dealkylation sites (tertiary alicyclic amines) is 1. The first-order chi connectivity index (χ1) is 15.1. The normalized spacial score (nSPS) is 16.7. The molecule has 2 N–H and O–H groups in total. The van der Waals surface area contributed by atoms with Gasteiger partial charge in [-0.05, 0) is 67.0 Å². The van der Waals surface area contributed by atoms with Crippen molar-refractivity contribution in [1.82, 2.24) is 15.5 Å². The summed E-state index contributed by atoms with van der Waals surface area (Å²) in [5, 5.41) is 6.39. The Bertz CT molecular complexity index is 885. The van der Waals surface area contributed by atoms with E-state index in [1.165, 1.54) is 18.4 Å². The van der Waals surface area contributed by atoms with Gasteiger partial charge in [-0.3, -0.25) is 9.59 Å². The van der Waals surface area contributed by atoms with Gasteiger partial charge in [-0.25, -0.2) is 0 Å². The predicted molar refractivity (Wildman–Crippen MR) is 120 cm³/mol. The summed E-state index contributed by atoms with van der Waals surface area (Å²) in [4.78, 5) is 26.7. The SMILES string of the molecule is COc1ccc(C(NCC(=O)NCc2ccc(C(=O)N3CCCC3)cc2)C2CC2)cc1. The molecule has 31 heavy (non-hydrogen) atoms. The lowest BCUT2D eigenvalue weighted by Gasteiger charge is -2.19. The van der Waals surface area contributed by atoms with Gasteiger partial charge in [-0.15, -0.1) is 0 Å². The highest BCUT2D eigenvalue weighted by Crippen LogP contribution is 2.41. The summed E-state index contributed by atoms with van der Waals surface area (Å²) < 4.78 is 5.24. The van der Waals surface area contributed by atoms with Crippen LogP contribution in [0.3, 0.4) is 0 Å². The van der Waals surface area contributed by atoms with Crippen molar-refractivity contribution >= 4 is 11.8 Å². The number of hydrogen-bond acceptors (Lipinski definition) is 4. The zero-order valence-electron chi connectivity index (χ0n) is 18.1. The van der Waals surface area contributed by atoms with Gasteiger partial charge in [-0.1, -0.05) is 24.3 Å². The first-order valence-electron chi connectivity index (χ1n) is 11.2. The van der Waals surface area contributed by atoms with Crippen LogP contribution in [0.1, 0.15) is 53.2 Å². The summed E-state index contributed by atoms with van der Waals surface area (Å²) in [5.74, 6) is 1.49. The summed E-state index contributed by atoms with van der Waals surface area (Å²) in [6, 6.07) is 15.8. The average Bonchev–Trinajstić information content (AvgIpc) is 3.50. The Balaban J connectivity index is 1.25. The van der Waals surface area contributed by atoms with Gasteiger partial charge in [0, 0.05) is 31.2 Å². The quantitative estimate of drug-likeness (QED) is 0.652. The Labute approximate surface area is 184 Å². The van der Waals surface area contributed by atoms with Gasteiger partial charge in [0.15, 0.2) is 0 Å². The minimum atomic E-state index is -0.0311. The van der Waals surface area contributed by atoms with Crippen LogP contribution in [-0.4, -0.2) is 43.5 Å². The van der Waals surface area contributed by atoms with E-state index in [9.17, 15) is 9.59 Å². The van der Waals surface area contributed by atoms with Gasteiger partial charge >= 0.3 is 0 Å². The van der Waals surface area contributed by atoms with E-state index < -0.39 is 0 Å². The van der Waals surface area contributed by atoms with Crippen molar-refractivity contribution in [3.63, 3.8) is 0 Å². The summed E-state index contributed by atoms with van der Waals surface area (Å²) in [6.45, 7) is 2.43. The molecule has 2 aromatic rings. The van der Waals surface area contributed by atoms with E-state index in [4.69, 9.17) is 4.74 Å². The van der Waals surface area contributed by atoms with Gasteiger partial charge in [0.2, 0.25) is 5.91 Å². The van der Waals surface area contributed by atoms with E-state index >= 15 is 0 Å².